The summed E-state index contributed by atoms with van der Waals surface area (Å²) in [6.07, 6.45) is 0.262. The Bertz CT molecular complexity index is 1830. The molecule has 0 spiro atoms. The Labute approximate surface area is 274 Å². The van der Waals surface area contributed by atoms with Gasteiger partial charge in [-0.15, -0.1) is 0 Å². The average Bonchev–Trinajstić information content (AvgIpc) is 3.04. The number of nitrogens with zero attached hydrogens (tertiary/aromatic N) is 2. The summed E-state index contributed by atoms with van der Waals surface area (Å²) in [5, 5.41) is 15.1. The number of likely N-dealkylation sites (N-methyl/N-ethyl adjacent to an activating group) is 1. The van der Waals surface area contributed by atoms with Crippen LogP contribution in [0.4, 0.5) is 25.0 Å². The predicted molar refractivity (Wildman–Crippen MR) is 169 cm³/mol. The Morgan fingerprint density at radius 2 is 1.75 bits per heavy atom. The summed E-state index contributed by atoms with van der Waals surface area (Å²) >= 11 is 0. The van der Waals surface area contributed by atoms with Crippen LogP contribution in [-0.2, 0) is 26.0 Å². The van der Waals surface area contributed by atoms with E-state index in [1.165, 1.54) is 47.4 Å². The second-order valence-corrected chi connectivity index (χ2v) is 12.9. The summed E-state index contributed by atoms with van der Waals surface area (Å²) in [4.78, 5) is 53.5. The van der Waals surface area contributed by atoms with Crippen LogP contribution in [-0.4, -0.2) is 81.1 Å². The highest BCUT2D eigenvalue weighted by Crippen LogP contribution is 2.31. The quantitative estimate of drug-likeness (QED) is 0.237. The Morgan fingerprint density at radius 1 is 1.08 bits per heavy atom. The lowest BCUT2D eigenvalue weighted by molar-refractivity contribution is -0.139. The van der Waals surface area contributed by atoms with Crippen molar-refractivity contribution in [3.8, 4) is 5.75 Å². The number of hydrogen-bond acceptors (Lipinski definition) is 8. The molecule has 2 heterocycles. The monoisotopic (exact) mass is 685 g/mol. The number of fused-ring (bicyclic) bond motifs is 1. The number of sulfonamides is 1. The number of halogens is 2. The van der Waals surface area contributed by atoms with E-state index >= 15 is 8.78 Å². The Hall–Kier alpha value is -5.09. The average molecular weight is 686 g/mol. The highest BCUT2D eigenvalue weighted by atomic mass is 32.2. The summed E-state index contributed by atoms with van der Waals surface area (Å²) in [6, 6.07) is 10.4. The number of ether oxygens (including phenoxy) is 1. The van der Waals surface area contributed by atoms with E-state index in [9.17, 15) is 32.7 Å². The molecule has 3 aromatic carbocycles. The third-order valence-corrected chi connectivity index (χ3v) is 9.60. The summed E-state index contributed by atoms with van der Waals surface area (Å²) in [5.74, 6) is -6.42. The number of carboxylic acids is 1. The van der Waals surface area contributed by atoms with E-state index < -0.39 is 56.9 Å². The van der Waals surface area contributed by atoms with Crippen LogP contribution < -0.4 is 25.0 Å². The van der Waals surface area contributed by atoms with Crippen LogP contribution in [0, 0.1) is 17.6 Å². The molecule has 5 rings (SSSR count). The second kappa shape index (κ2) is 13.9. The SMILES string of the molecule is CCOc1ccccc1S(=O)(=O)Nc1cc(F)c(C(=O)N[C@@H](Cc2ccc(N3C(=O)C4CCNCC4N(C)C3=O)cc2)C(=O)O)c(F)c1. The molecule has 4 amide bonds. The standard InChI is InChI=1S/C32H33F2N5O8S/c1-3-47-26-6-4-5-7-27(26)48(45,46)37-19-15-22(33)28(23(34)16-19)29(40)36-24(31(42)43)14-18-8-10-20(11-9-18)39-30(41)21-12-13-35-17-25(21)38(2)32(39)44/h4-11,15-16,21,24-25,35,37H,3,12-14,17H2,1-2H3,(H,36,40)(H,42,43)/t21?,24-,25?/m0/s1. The fourth-order valence-electron chi connectivity index (χ4n) is 5.79. The van der Waals surface area contributed by atoms with Crippen LogP contribution in [0.15, 0.2) is 65.6 Å². The molecule has 254 valence electrons. The molecule has 4 N–H and O–H groups in total. The number of carbonyl (C=O) groups is 4. The third kappa shape index (κ3) is 6.94. The van der Waals surface area contributed by atoms with Crippen LogP contribution in [0.25, 0.3) is 0 Å². The molecule has 0 radical (unpaired) electrons. The maximum Gasteiger partial charge on any atom is 0.331 e. The van der Waals surface area contributed by atoms with Gasteiger partial charge in [0.25, 0.3) is 15.9 Å². The molecule has 48 heavy (non-hydrogen) atoms. The van der Waals surface area contributed by atoms with E-state index in [0.717, 1.165) is 4.90 Å². The van der Waals surface area contributed by atoms with Crippen LogP contribution in [0.3, 0.4) is 0 Å². The highest BCUT2D eigenvalue weighted by Gasteiger charge is 2.46. The van der Waals surface area contributed by atoms with Gasteiger partial charge in [0, 0.05) is 20.0 Å². The zero-order valence-electron chi connectivity index (χ0n) is 25.9. The van der Waals surface area contributed by atoms with Crippen LogP contribution >= 0.6 is 0 Å². The van der Waals surface area contributed by atoms with Gasteiger partial charge in [-0.3, -0.25) is 14.3 Å². The fraction of sp³-hybridized carbons (Fsp3) is 0.312. The number of amides is 4. The second-order valence-electron chi connectivity index (χ2n) is 11.3. The molecule has 16 heteroatoms. The minimum Gasteiger partial charge on any atom is -0.492 e. The molecule has 2 saturated heterocycles. The van der Waals surface area contributed by atoms with Gasteiger partial charge in [-0.25, -0.2) is 31.7 Å². The number of para-hydroxylation sites is 1. The van der Waals surface area contributed by atoms with Crippen molar-refractivity contribution in [1.29, 1.82) is 0 Å². The predicted octanol–water partition coefficient (Wildman–Crippen LogP) is 2.97. The largest absolute Gasteiger partial charge is 0.492 e. The maximum atomic E-state index is 15.1. The van der Waals surface area contributed by atoms with Crippen molar-refractivity contribution in [2.24, 2.45) is 5.92 Å². The Morgan fingerprint density at radius 3 is 2.40 bits per heavy atom. The molecule has 2 aliphatic heterocycles. The van der Waals surface area contributed by atoms with E-state index in [1.54, 1.807) is 20.0 Å². The first-order valence-electron chi connectivity index (χ1n) is 15.0. The number of anilines is 2. The first kappa shape index (κ1) is 34.3. The van der Waals surface area contributed by atoms with Gasteiger partial charge in [0.15, 0.2) is 0 Å². The van der Waals surface area contributed by atoms with E-state index in [-0.39, 0.29) is 47.2 Å². The number of urea groups is 1. The number of benzene rings is 3. The van der Waals surface area contributed by atoms with Gasteiger partial charge in [-0.2, -0.15) is 0 Å². The molecule has 0 bridgehead atoms. The molecule has 3 aromatic rings. The first-order chi connectivity index (χ1) is 22.8. The van der Waals surface area contributed by atoms with Crippen molar-refractivity contribution < 1.29 is 46.2 Å². The smallest absolute Gasteiger partial charge is 0.331 e. The van der Waals surface area contributed by atoms with Crippen molar-refractivity contribution in [1.82, 2.24) is 15.5 Å². The number of hydrogen-bond donors (Lipinski definition) is 4. The molecule has 13 nitrogen and oxygen atoms in total. The molecule has 0 aliphatic carbocycles. The van der Waals surface area contributed by atoms with Gasteiger partial charge in [0.05, 0.1) is 29.9 Å². The summed E-state index contributed by atoms with van der Waals surface area (Å²) in [6.45, 7) is 2.97. The van der Waals surface area contributed by atoms with Crippen molar-refractivity contribution in [2.45, 2.75) is 36.7 Å². The molecular weight excluding hydrogens is 652 g/mol. The van der Waals surface area contributed by atoms with E-state index in [0.29, 0.717) is 37.2 Å². The lowest BCUT2D eigenvalue weighted by Gasteiger charge is -2.45. The topological polar surface area (TPSA) is 174 Å². The van der Waals surface area contributed by atoms with Crippen molar-refractivity contribution in [3.63, 3.8) is 0 Å². The first-order valence-corrected chi connectivity index (χ1v) is 16.5. The Kier molecular flexibility index (Phi) is 9.95. The molecule has 2 fully saturated rings. The molecule has 0 aromatic heterocycles. The molecule has 0 saturated carbocycles. The number of piperidine rings is 1. The normalized spacial score (nSPS) is 18.6. The summed E-state index contributed by atoms with van der Waals surface area (Å²) < 4.78 is 63.3. The Balaban J connectivity index is 1.29. The minimum atomic E-state index is -4.35. The molecule has 2 aliphatic rings. The van der Waals surface area contributed by atoms with Gasteiger partial charge in [-0.05, 0) is 61.9 Å². The van der Waals surface area contributed by atoms with Gasteiger partial charge in [0.2, 0.25) is 5.91 Å². The van der Waals surface area contributed by atoms with Gasteiger partial charge in [0.1, 0.15) is 33.9 Å². The lowest BCUT2D eigenvalue weighted by atomic mass is 9.88. The van der Waals surface area contributed by atoms with E-state index in [2.05, 4.69) is 15.4 Å². The van der Waals surface area contributed by atoms with Gasteiger partial charge < -0.3 is 25.4 Å². The van der Waals surface area contributed by atoms with Crippen LogP contribution in [0.2, 0.25) is 0 Å². The number of carbonyl (C=O) groups excluding carboxylic acids is 3. The van der Waals surface area contributed by atoms with Gasteiger partial charge >= 0.3 is 12.0 Å². The fourth-order valence-corrected chi connectivity index (χ4v) is 6.98. The van der Waals surface area contributed by atoms with Crippen molar-refractivity contribution in [3.05, 3.63) is 83.4 Å². The van der Waals surface area contributed by atoms with Gasteiger partial charge in [-0.1, -0.05) is 24.3 Å². The lowest BCUT2D eigenvalue weighted by Crippen LogP contribution is -2.65. The summed E-state index contributed by atoms with van der Waals surface area (Å²) in [7, 11) is -2.73. The number of nitrogens with one attached hydrogen (secondary N) is 3. The van der Waals surface area contributed by atoms with E-state index in [4.69, 9.17) is 4.74 Å². The number of aliphatic carboxylic acids is 1. The van der Waals surface area contributed by atoms with Crippen molar-refractivity contribution in [2.75, 3.05) is 36.4 Å². The number of imide groups is 1. The molecular formula is C32H33F2N5O8S. The number of carboxylic acid groups (broad SMARTS) is 1. The highest BCUT2D eigenvalue weighted by molar-refractivity contribution is 7.92. The molecule has 2 unspecified atom stereocenters. The van der Waals surface area contributed by atoms with E-state index in [1.807, 2.05) is 0 Å². The number of rotatable bonds is 11. The maximum absolute atomic E-state index is 15.1. The zero-order chi connectivity index (χ0) is 34.7. The molecule has 3 atom stereocenters. The van der Waals surface area contributed by atoms with Crippen LogP contribution in [0.1, 0.15) is 29.3 Å². The van der Waals surface area contributed by atoms with Crippen molar-refractivity contribution >= 4 is 45.2 Å². The minimum absolute atomic E-state index is 0.0234. The van der Waals surface area contributed by atoms with Crippen LogP contribution in [0.5, 0.6) is 5.75 Å². The third-order valence-electron chi connectivity index (χ3n) is 8.18. The summed E-state index contributed by atoms with van der Waals surface area (Å²) in [5.41, 5.74) is -0.962. The zero-order valence-corrected chi connectivity index (χ0v) is 26.7.